The summed E-state index contributed by atoms with van der Waals surface area (Å²) in [4.78, 5) is 0. The van der Waals surface area contributed by atoms with E-state index in [1.807, 2.05) is 13.8 Å². The van der Waals surface area contributed by atoms with Crippen LogP contribution in [0.15, 0.2) is 0 Å². The summed E-state index contributed by atoms with van der Waals surface area (Å²) >= 11 is 0. The Hall–Kier alpha value is -0.320. The van der Waals surface area contributed by atoms with Crippen molar-refractivity contribution in [1.82, 2.24) is 0 Å². The van der Waals surface area contributed by atoms with Crippen molar-refractivity contribution in [1.29, 1.82) is 0 Å². The quantitative estimate of drug-likeness (QED) is 0.428. The average Bonchev–Trinajstić information content (AvgIpc) is 2.67. The fourth-order valence-electron chi connectivity index (χ4n) is 4.56. The first-order valence-electron chi connectivity index (χ1n) is 8.91. The molecule has 1 aliphatic carbocycles. The Morgan fingerprint density at radius 2 is 1.68 bits per heavy atom. The lowest BCUT2D eigenvalue weighted by atomic mass is 9.74. The van der Waals surface area contributed by atoms with Crippen molar-refractivity contribution in [3.05, 3.63) is 0 Å². The van der Waals surface area contributed by atoms with Crippen molar-refractivity contribution >= 4 is 0 Å². The minimum Gasteiger partial charge on any atom is -0.394 e. The van der Waals surface area contributed by atoms with Crippen molar-refractivity contribution in [2.75, 3.05) is 6.61 Å². The molecule has 8 heteroatoms. The van der Waals surface area contributed by atoms with E-state index >= 15 is 0 Å². The van der Waals surface area contributed by atoms with E-state index in [-0.39, 0.29) is 5.92 Å². The van der Waals surface area contributed by atoms with Gasteiger partial charge in [-0.05, 0) is 46.0 Å². The fraction of sp³-hybridized carbons (Fsp3) is 1.00. The molecule has 0 spiro atoms. The van der Waals surface area contributed by atoms with Crippen LogP contribution in [0.25, 0.3) is 0 Å². The van der Waals surface area contributed by atoms with E-state index in [1.54, 1.807) is 6.92 Å². The molecule has 146 valence electrons. The smallest absolute Gasteiger partial charge is 0.187 e. The molecular weight excluding hydrogens is 332 g/mol. The highest BCUT2D eigenvalue weighted by Gasteiger charge is 2.56. The zero-order valence-corrected chi connectivity index (χ0v) is 14.9. The van der Waals surface area contributed by atoms with Crippen molar-refractivity contribution in [2.24, 2.45) is 5.92 Å². The number of rotatable bonds is 3. The predicted molar refractivity (Wildman–Crippen MR) is 85.6 cm³/mol. The first-order valence-corrected chi connectivity index (χ1v) is 8.91. The summed E-state index contributed by atoms with van der Waals surface area (Å²) in [6, 6.07) is 0. The summed E-state index contributed by atoms with van der Waals surface area (Å²) in [7, 11) is 0. The van der Waals surface area contributed by atoms with E-state index < -0.39 is 60.7 Å². The van der Waals surface area contributed by atoms with Gasteiger partial charge < -0.3 is 39.7 Å². The molecule has 1 saturated carbocycles. The molecule has 25 heavy (non-hydrogen) atoms. The highest BCUT2D eigenvalue weighted by atomic mass is 16.7. The number of hydrogen-bond donors (Lipinski definition) is 5. The van der Waals surface area contributed by atoms with Crippen molar-refractivity contribution in [2.45, 2.75) is 94.1 Å². The molecule has 5 N–H and O–H groups in total. The zero-order chi connectivity index (χ0) is 18.6. The monoisotopic (exact) mass is 362 g/mol. The van der Waals surface area contributed by atoms with Gasteiger partial charge in [-0.25, -0.2) is 0 Å². The van der Waals surface area contributed by atoms with E-state index in [0.29, 0.717) is 12.8 Å². The predicted octanol–water partition coefficient (Wildman–Crippen LogP) is -1.10. The number of fused-ring (bicyclic) bond motifs is 4. The van der Waals surface area contributed by atoms with E-state index in [2.05, 4.69) is 0 Å². The van der Waals surface area contributed by atoms with Gasteiger partial charge in [0.15, 0.2) is 6.29 Å². The molecule has 4 fully saturated rings. The molecule has 3 aliphatic heterocycles. The minimum atomic E-state index is -1.49. The van der Waals surface area contributed by atoms with Crippen molar-refractivity contribution in [3.63, 3.8) is 0 Å². The van der Waals surface area contributed by atoms with Crippen LogP contribution in [0.5, 0.6) is 0 Å². The third-order valence-corrected chi connectivity index (χ3v) is 5.83. The third-order valence-electron chi connectivity index (χ3n) is 5.83. The molecule has 0 amide bonds. The van der Waals surface area contributed by atoms with Gasteiger partial charge in [-0.1, -0.05) is 0 Å². The molecule has 0 aromatic carbocycles. The molecule has 2 bridgehead atoms. The molecule has 0 aromatic rings. The Bertz CT molecular complexity index is 483. The summed E-state index contributed by atoms with van der Waals surface area (Å²) in [6.45, 7) is 5.23. The van der Waals surface area contributed by atoms with Gasteiger partial charge in [-0.3, -0.25) is 0 Å². The highest BCUT2D eigenvalue weighted by molar-refractivity contribution is 5.05. The van der Waals surface area contributed by atoms with E-state index in [9.17, 15) is 25.5 Å². The van der Waals surface area contributed by atoms with Crippen molar-refractivity contribution < 1.29 is 39.7 Å². The van der Waals surface area contributed by atoms with Gasteiger partial charge in [0.05, 0.1) is 24.4 Å². The first kappa shape index (κ1) is 19.4. The van der Waals surface area contributed by atoms with Crippen LogP contribution in [0, 0.1) is 5.92 Å². The molecule has 3 saturated heterocycles. The Kier molecular flexibility index (Phi) is 5.20. The maximum atomic E-state index is 10.6. The Labute approximate surface area is 147 Å². The second-order valence-electron chi connectivity index (χ2n) is 8.42. The molecule has 0 aromatic heterocycles. The average molecular weight is 362 g/mol. The molecule has 4 aliphatic rings. The Morgan fingerprint density at radius 3 is 2.32 bits per heavy atom. The molecule has 0 radical (unpaired) electrons. The Balaban J connectivity index is 1.80. The van der Waals surface area contributed by atoms with E-state index in [1.165, 1.54) is 0 Å². The second kappa shape index (κ2) is 6.69. The van der Waals surface area contributed by atoms with Crippen LogP contribution >= 0.6 is 0 Å². The van der Waals surface area contributed by atoms with Gasteiger partial charge >= 0.3 is 0 Å². The number of ether oxygens (including phenoxy) is 3. The van der Waals surface area contributed by atoms with Crippen LogP contribution in [0.1, 0.15) is 40.0 Å². The topological polar surface area (TPSA) is 129 Å². The lowest BCUT2D eigenvalue weighted by Gasteiger charge is -2.48. The van der Waals surface area contributed by atoms with Gasteiger partial charge in [0.25, 0.3) is 0 Å². The third kappa shape index (κ3) is 3.46. The molecule has 8 nitrogen and oxygen atoms in total. The SMILES string of the molecule is CC1(C)C[C@@H]2C[C@@H](O)[C@](C)(O1)[C@H](O[C@H]1O[C@@H](CO)[C@H](O)[C@@H](O)[C@@H]1O)C2. The highest BCUT2D eigenvalue weighted by Crippen LogP contribution is 2.48. The van der Waals surface area contributed by atoms with Gasteiger partial charge in [-0.2, -0.15) is 0 Å². The molecule has 4 rings (SSSR count). The second-order valence-corrected chi connectivity index (χ2v) is 8.42. The van der Waals surface area contributed by atoms with Crippen LogP contribution in [-0.4, -0.2) is 86.3 Å². The summed E-state index contributed by atoms with van der Waals surface area (Å²) in [5, 5.41) is 49.9. The van der Waals surface area contributed by atoms with Crippen LogP contribution < -0.4 is 0 Å². The summed E-state index contributed by atoms with van der Waals surface area (Å²) in [5.74, 6) is 0.204. The van der Waals surface area contributed by atoms with Gasteiger partial charge in [0.2, 0.25) is 0 Å². The summed E-state index contributed by atoms with van der Waals surface area (Å²) in [5.41, 5.74) is -1.39. The van der Waals surface area contributed by atoms with Crippen LogP contribution in [0.4, 0.5) is 0 Å². The van der Waals surface area contributed by atoms with Gasteiger partial charge in [-0.15, -0.1) is 0 Å². The summed E-state index contributed by atoms with van der Waals surface area (Å²) in [6.07, 6.45) is -5.87. The normalized spacial score (nSPS) is 52.8. The lowest BCUT2D eigenvalue weighted by Crippen LogP contribution is -2.63. The van der Waals surface area contributed by atoms with E-state index in [4.69, 9.17) is 14.2 Å². The maximum Gasteiger partial charge on any atom is 0.187 e. The molecule has 3 heterocycles. The largest absolute Gasteiger partial charge is 0.394 e. The fourth-order valence-corrected chi connectivity index (χ4v) is 4.56. The van der Waals surface area contributed by atoms with Gasteiger partial charge in [0.1, 0.15) is 30.0 Å². The van der Waals surface area contributed by atoms with Crippen LogP contribution in [0.3, 0.4) is 0 Å². The number of hydrogen-bond acceptors (Lipinski definition) is 8. The van der Waals surface area contributed by atoms with Crippen LogP contribution in [0.2, 0.25) is 0 Å². The standard InChI is InChI=1S/C17H30O8/c1-16(2)6-8-4-10(19)17(3,25-16)11(5-8)24-15-14(22)13(21)12(20)9(7-18)23-15/h8-15,18-22H,4-7H2,1-3H3/t8-,9+,10-,11-,12+,13-,14+,15-,17+/m1/s1. The first-order chi connectivity index (χ1) is 11.6. The minimum absolute atomic E-state index is 0.204. The Morgan fingerprint density at radius 1 is 1.00 bits per heavy atom. The number of aliphatic hydroxyl groups is 5. The molecule has 9 atom stereocenters. The zero-order valence-electron chi connectivity index (χ0n) is 14.9. The van der Waals surface area contributed by atoms with Crippen molar-refractivity contribution in [3.8, 4) is 0 Å². The molecule has 0 unspecified atom stereocenters. The molecular formula is C17H30O8. The maximum absolute atomic E-state index is 10.6. The van der Waals surface area contributed by atoms with E-state index in [0.717, 1.165) is 6.42 Å². The lowest BCUT2D eigenvalue weighted by molar-refractivity contribution is -0.336. The summed E-state index contributed by atoms with van der Waals surface area (Å²) < 4.78 is 17.6. The van der Waals surface area contributed by atoms with Gasteiger partial charge in [0, 0.05) is 0 Å². The number of aliphatic hydroxyl groups excluding tert-OH is 5. The van der Waals surface area contributed by atoms with Crippen LogP contribution in [-0.2, 0) is 14.2 Å².